The normalized spacial score (nSPS) is 10.8. The van der Waals surface area contributed by atoms with Crippen molar-refractivity contribution in [3.63, 3.8) is 0 Å². The van der Waals surface area contributed by atoms with E-state index in [1.54, 1.807) is 17.8 Å². The van der Waals surface area contributed by atoms with Gasteiger partial charge in [-0.05, 0) is 42.4 Å². The van der Waals surface area contributed by atoms with Crippen molar-refractivity contribution in [2.45, 2.75) is 13.3 Å². The molecule has 2 aromatic carbocycles. The summed E-state index contributed by atoms with van der Waals surface area (Å²) in [6.07, 6.45) is 0.944. The molecule has 3 aromatic rings. The Morgan fingerprint density at radius 3 is 2.72 bits per heavy atom. The number of thioether (sulfide) groups is 1. The van der Waals surface area contributed by atoms with Gasteiger partial charge in [0.2, 0.25) is 5.91 Å². The average molecular weight is 353 g/mol. The van der Waals surface area contributed by atoms with E-state index in [1.165, 1.54) is 11.6 Å². The number of benzene rings is 2. The standard InChI is InChI=1S/C20H19NO3S/c1-14-11-20(23)24-18-12-16(7-8-17(14)18)21-19(22)13-25-10-9-15-5-3-2-4-6-15/h2-8,11-12H,9-10,13H2,1H3,(H,21,22). The number of hydrogen-bond acceptors (Lipinski definition) is 4. The summed E-state index contributed by atoms with van der Waals surface area (Å²) in [5.74, 6) is 1.22. The van der Waals surface area contributed by atoms with E-state index >= 15 is 0 Å². The van der Waals surface area contributed by atoms with E-state index in [4.69, 9.17) is 4.42 Å². The molecule has 1 N–H and O–H groups in total. The summed E-state index contributed by atoms with van der Waals surface area (Å²) in [6, 6.07) is 17.0. The van der Waals surface area contributed by atoms with Gasteiger partial charge in [-0.15, -0.1) is 0 Å². The third kappa shape index (κ3) is 4.73. The molecule has 3 rings (SSSR count). The van der Waals surface area contributed by atoms with Crippen LogP contribution in [0.15, 0.2) is 63.8 Å². The molecule has 1 aromatic heterocycles. The minimum absolute atomic E-state index is 0.0626. The predicted octanol–water partition coefficient (Wildman–Crippen LogP) is 4.02. The Balaban J connectivity index is 1.54. The van der Waals surface area contributed by atoms with Crippen LogP contribution in [0.1, 0.15) is 11.1 Å². The Kier molecular flexibility index (Phi) is 5.56. The zero-order valence-corrected chi connectivity index (χ0v) is 14.8. The molecule has 0 spiro atoms. The number of fused-ring (bicyclic) bond motifs is 1. The van der Waals surface area contributed by atoms with Crippen LogP contribution in [0.4, 0.5) is 5.69 Å². The highest BCUT2D eigenvalue weighted by Crippen LogP contribution is 2.21. The highest BCUT2D eigenvalue weighted by Gasteiger charge is 2.06. The lowest BCUT2D eigenvalue weighted by Gasteiger charge is -2.07. The third-order valence-corrected chi connectivity index (χ3v) is 4.81. The van der Waals surface area contributed by atoms with Crippen LogP contribution in [0.25, 0.3) is 11.0 Å². The Labute approximate surface area is 150 Å². The van der Waals surface area contributed by atoms with Crippen LogP contribution in [0, 0.1) is 6.92 Å². The van der Waals surface area contributed by atoms with E-state index in [-0.39, 0.29) is 11.5 Å². The molecule has 1 heterocycles. The second-order valence-corrected chi connectivity index (χ2v) is 6.90. The van der Waals surface area contributed by atoms with Crippen LogP contribution in [-0.2, 0) is 11.2 Å². The van der Waals surface area contributed by atoms with E-state index in [2.05, 4.69) is 17.4 Å². The highest BCUT2D eigenvalue weighted by molar-refractivity contribution is 7.99. The van der Waals surface area contributed by atoms with E-state index in [0.29, 0.717) is 17.0 Å². The van der Waals surface area contributed by atoms with E-state index in [9.17, 15) is 9.59 Å². The number of carbonyl (C=O) groups excluding carboxylic acids is 1. The van der Waals surface area contributed by atoms with Gasteiger partial charge in [-0.3, -0.25) is 4.79 Å². The molecular formula is C20H19NO3S. The Morgan fingerprint density at radius 1 is 1.12 bits per heavy atom. The fourth-order valence-corrected chi connectivity index (χ4v) is 3.38. The summed E-state index contributed by atoms with van der Waals surface area (Å²) in [4.78, 5) is 23.5. The van der Waals surface area contributed by atoms with Gasteiger partial charge in [-0.2, -0.15) is 11.8 Å². The van der Waals surface area contributed by atoms with Crippen LogP contribution in [0.3, 0.4) is 0 Å². The van der Waals surface area contributed by atoms with Gasteiger partial charge in [0.25, 0.3) is 0 Å². The molecule has 4 nitrogen and oxygen atoms in total. The van der Waals surface area contributed by atoms with Gasteiger partial charge in [-0.25, -0.2) is 4.79 Å². The summed E-state index contributed by atoms with van der Waals surface area (Å²) in [6.45, 7) is 1.86. The smallest absolute Gasteiger partial charge is 0.336 e. The van der Waals surface area contributed by atoms with Gasteiger partial charge < -0.3 is 9.73 Å². The zero-order chi connectivity index (χ0) is 17.6. The molecule has 1 amide bonds. The lowest BCUT2D eigenvalue weighted by molar-refractivity contribution is -0.113. The summed E-state index contributed by atoms with van der Waals surface area (Å²) < 4.78 is 5.20. The predicted molar refractivity (Wildman–Crippen MR) is 103 cm³/mol. The molecule has 0 bridgehead atoms. The Morgan fingerprint density at radius 2 is 1.92 bits per heavy atom. The molecule has 0 unspecified atom stereocenters. The molecule has 0 saturated carbocycles. The number of anilines is 1. The topological polar surface area (TPSA) is 59.3 Å². The first-order chi connectivity index (χ1) is 12.1. The lowest BCUT2D eigenvalue weighted by Crippen LogP contribution is -2.14. The van der Waals surface area contributed by atoms with Gasteiger partial charge in [-0.1, -0.05) is 30.3 Å². The molecule has 0 aliphatic rings. The van der Waals surface area contributed by atoms with Crippen molar-refractivity contribution in [2.75, 3.05) is 16.8 Å². The minimum Gasteiger partial charge on any atom is -0.423 e. The van der Waals surface area contributed by atoms with Crippen LogP contribution in [-0.4, -0.2) is 17.4 Å². The number of amides is 1. The lowest BCUT2D eigenvalue weighted by atomic mass is 10.1. The van der Waals surface area contributed by atoms with Gasteiger partial charge in [0.05, 0.1) is 5.75 Å². The van der Waals surface area contributed by atoms with Crippen LogP contribution in [0.2, 0.25) is 0 Å². The van der Waals surface area contributed by atoms with Crippen molar-refractivity contribution in [3.05, 3.63) is 76.1 Å². The van der Waals surface area contributed by atoms with E-state index in [0.717, 1.165) is 23.1 Å². The number of carbonyl (C=O) groups is 1. The summed E-state index contributed by atoms with van der Waals surface area (Å²) in [5.41, 5.74) is 2.87. The third-order valence-electron chi connectivity index (χ3n) is 3.85. The maximum absolute atomic E-state index is 12.1. The summed E-state index contributed by atoms with van der Waals surface area (Å²) in [5, 5.41) is 3.72. The number of nitrogens with one attached hydrogen (secondary N) is 1. The number of rotatable bonds is 6. The maximum atomic E-state index is 12.1. The fourth-order valence-electron chi connectivity index (χ4n) is 2.60. The second-order valence-electron chi connectivity index (χ2n) is 5.80. The number of hydrogen-bond donors (Lipinski definition) is 1. The zero-order valence-electron chi connectivity index (χ0n) is 14.0. The first kappa shape index (κ1) is 17.3. The molecule has 0 radical (unpaired) electrons. The first-order valence-electron chi connectivity index (χ1n) is 8.08. The minimum atomic E-state index is -0.384. The van der Waals surface area contributed by atoms with Crippen molar-refractivity contribution in [2.24, 2.45) is 0 Å². The quantitative estimate of drug-likeness (QED) is 0.537. The molecule has 5 heteroatoms. The Hall–Kier alpha value is -2.53. The Bertz CT molecular complexity index is 935. The molecule has 128 valence electrons. The molecule has 0 atom stereocenters. The fraction of sp³-hybridized carbons (Fsp3) is 0.200. The summed E-state index contributed by atoms with van der Waals surface area (Å²) in [7, 11) is 0. The summed E-state index contributed by atoms with van der Waals surface area (Å²) >= 11 is 1.60. The molecular weight excluding hydrogens is 334 g/mol. The number of aryl methyl sites for hydroxylation is 2. The molecule has 0 aliphatic carbocycles. The first-order valence-corrected chi connectivity index (χ1v) is 9.23. The van der Waals surface area contributed by atoms with Crippen molar-refractivity contribution in [3.8, 4) is 0 Å². The van der Waals surface area contributed by atoms with Gasteiger partial charge in [0, 0.05) is 23.2 Å². The molecule has 0 saturated heterocycles. The van der Waals surface area contributed by atoms with Crippen molar-refractivity contribution < 1.29 is 9.21 Å². The molecule has 0 fully saturated rings. The van der Waals surface area contributed by atoms with E-state index < -0.39 is 0 Å². The maximum Gasteiger partial charge on any atom is 0.336 e. The van der Waals surface area contributed by atoms with Crippen LogP contribution < -0.4 is 10.9 Å². The van der Waals surface area contributed by atoms with Crippen LogP contribution >= 0.6 is 11.8 Å². The van der Waals surface area contributed by atoms with Crippen molar-refractivity contribution in [1.29, 1.82) is 0 Å². The molecule has 0 aliphatic heterocycles. The van der Waals surface area contributed by atoms with Crippen LogP contribution in [0.5, 0.6) is 0 Å². The van der Waals surface area contributed by atoms with E-state index in [1.807, 2.05) is 37.3 Å². The highest BCUT2D eigenvalue weighted by atomic mass is 32.2. The average Bonchev–Trinajstić information content (AvgIpc) is 2.59. The SMILES string of the molecule is Cc1cc(=O)oc2cc(NC(=O)CSCCc3ccccc3)ccc12. The van der Waals surface area contributed by atoms with Crippen molar-refractivity contribution in [1.82, 2.24) is 0 Å². The van der Waals surface area contributed by atoms with Crippen molar-refractivity contribution >= 4 is 34.3 Å². The second kappa shape index (κ2) is 8.03. The van der Waals surface area contributed by atoms with Gasteiger partial charge in [0.15, 0.2) is 0 Å². The monoisotopic (exact) mass is 353 g/mol. The van der Waals surface area contributed by atoms with Gasteiger partial charge in [0.1, 0.15) is 5.58 Å². The molecule has 25 heavy (non-hydrogen) atoms. The largest absolute Gasteiger partial charge is 0.423 e. The van der Waals surface area contributed by atoms with Gasteiger partial charge >= 0.3 is 5.63 Å².